The predicted molar refractivity (Wildman–Crippen MR) is 71.5 cm³/mol. The zero-order valence-corrected chi connectivity index (χ0v) is 11.6. The van der Waals surface area contributed by atoms with Gasteiger partial charge in [0.1, 0.15) is 15.3 Å². The van der Waals surface area contributed by atoms with Gasteiger partial charge in [-0.15, -0.1) is 10.2 Å². The second-order valence-corrected chi connectivity index (χ2v) is 5.09. The lowest BCUT2D eigenvalue weighted by atomic mass is 10.3. The average molecular weight is 303 g/mol. The molecule has 0 aliphatic heterocycles. The number of carbonyl (C=O) groups is 1. The monoisotopic (exact) mass is 302 g/mol. The third kappa shape index (κ3) is 2.95. The number of pyridine rings is 1. The normalized spacial score (nSPS) is 10.4. The summed E-state index contributed by atoms with van der Waals surface area (Å²) in [6.45, 7) is 1.96. The number of carbonyl (C=O) groups excluding carboxylic acids is 1. The van der Waals surface area contributed by atoms with Crippen LogP contribution in [0.15, 0.2) is 12.1 Å². The third-order valence-electron chi connectivity index (χ3n) is 2.05. The smallest absolute Gasteiger partial charge is 0.260 e. The number of rotatable bonds is 3. The van der Waals surface area contributed by atoms with Gasteiger partial charge in [0.25, 0.3) is 5.91 Å². The number of amides is 1. The molecule has 5 nitrogen and oxygen atoms in total. The van der Waals surface area contributed by atoms with E-state index < -0.39 is 0 Å². The van der Waals surface area contributed by atoms with Crippen molar-refractivity contribution in [1.82, 2.24) is 15.2 Å². The van der Waals surface area contributed by atoms with Gasteiger partial charge >= 0.3 is 0 Å². The Hall–Kier alpha value is -1.24. The highest BCUT2D eigenvalue weighted by molar-refractivity contribution is 7.15. The summed E-state index contributed by atoms with van der Waals surface area (Å²) in [6, 6.07) is 3.01. The molecule has 1 amide bonds. The van der Waals surface area contributed by atoms with E-state index in [2.05, 4.69) is 20.5 Å². The Balaban J connectivity index is 2.16. The van der Waals surface area contributed by atoms with Gasteiger partial charge in [-0.25, -0.2) is 4.98 Å². The van der Waals surface area contributed by atoms with Crippen LogP contribution < -0.4 is 5.32 Å². The summed E-state index contributed by atoms with van der Waals surface area (Å²) in [5.74, 6) is -0.386. The molecule has 2 heterocycles. The molecule has 0 aliphatic carbocycles. The molecule has 0 saturated heterocycles. The van der Waals surface area contributed by atoms with Gasteiger partial charge in [0, 0.05) is 0 Å². The minimum absolute atomic E-state index is 0.0558. The average Bonchev–Trinajstić information content (AvgIpc) is 2.76. The Morgan fingerprint density at radius 2 is 2.17 bits per heavy atom. The first-order valence-corrected chi connectivity index (χ1v) is 6.63. The maximum atomic E-state index is 11.9. The lowest BCUT2D eigenvalue weighted by Gasteiger charge is -2.02. The van der Waals surface area contributed by atoms with E-state index in [-0.39, 0.29) is 21.8 Å². The molecule has 2 aromatic heterocycles. The molecule has 0 radical (unpaired) electrons. The van der Waals surface area contributed by atoms with E-state index >= 15 is 0 Å². The molecule has 0 fully saturated rings. The van der Waals surface area contributed by atoms with E-state index in [1.54, 1.807) is 0 Å². The van der Waals surface area contributed by atoms with Crippen LogP contribution in [0.3, 0.4) is 0 Å². The van der Waals surface area contributed by atoms with Gasteiger partial charge < -0.3 is 0 Å². The second-order valence-electron chi connectivity index (χ2n) is 3.28. The molecule has 1 N–H and O–H groups in total. The molecule has 0 unspecified atom stereocenters. The van der Waals surface area contributed by atoms with E-state index in [4.69, 9.17) is 23.2 Å². The Kier molecular flexibility index (Phi) is 4.11. The van der Waals surface area contributed by atoms with Crippen LogP contribution in [0.25, 0.3) is 0 Å². The van der Waals surface area contributed by atoms with Gasteiger partial charge in [-0.2, -0.15) is 0 Å². The number of hydrogen-bond acceptors (Lipinski definition) is 5. The second kappa shape index (κ2) is 5.60. The first kappa shape index (κ1) is 13.2. The lowest BCUT2D eigenvalue weighted by molar-refractivity contribution is 0.102. The van der Waals surface area contributed by atoms with Crippen LogP contribution in [0, 0.1) is 0 Å². The van der Waals surface area contributed by atoms with Crippen LogP contribution in [0.4, 0.5) is 5.13 Å². The van der Waals surface area contributed by atoms with Crippen molar-refractivity contribution in [3.63, 3.8) is 0 Å². The summed E-state index contributed by atoms with van der Waals surface area (Å²) in [4.78, 5) is 15.7. The highest BCUT2D eigenvalue weighted by Gasteiger charge is 2.14. The fourth-order valence-corrected chi connectivity index (χ4v) is 2.30. The number of nitrogens with one attached hydrogen (secondary N) is 1. The van der Waals surface area contributed by atoms with Crippen LogP contribution >= 0.6 is 34.5 Å². The molecule has 0 spiro atoms. The number of aromatic nitrogens is 3. The van der Waals surface area contributed by atoms with Gasteiger partial charge in [0.05, 0.1) is 5.56 Å². The highest BCUT2D eigenvalue weighted by Crippen LogP contribution is 2.20. The number of aryl methyl sites for hydroxylation is 1. The number of anilines is 1. The number of hydrogen-bond donors (Lipinski definition) is 1. The van der Waals surface area contributed by atoms with Gasteiger partial charge in [0.2, 0.25) is 5.13 Å². The summed E-state index contributed by atoms with van der Waals surface area (Å²) in [6.07, 6.45) is 0.775. The van der Waals surface area contributed by atoms with Crippen LogP contribution in [0.2, 0.25) is 10.3 Å². The minimum atomic E-state index is -0.386. The molecule has 0 saturated carbocycles. The van der Waals surface area contributed by atoms with E-state index in [1.165, 1.54) is 23.5 Å². The highest BCUT2D eigenvalue weighted by atomic mass is 35.5. The number of halogens is 2. The zero-order chi connectivity index (χ0) is 13.1. The summed E-state index contributed by atoms with van der Waals surface area (Å²) in [7, 11) is 0. The first-order valence-electron chi connectivity index (χ1n) is 5.06. The van der Waals surface area contributed by atoms with Crippen LogP contribution in [0.5, 0.6) is 0 Å². The molecule has 2 aromatic rings. The fourth-order valence-electron chi connectivity index (χ4n) is 1.19. The predicted octanol–water partition coefficient (Wildman–Crippen LogP) is 3.05. The molecule has 0 atom stereocenters. The molecule has 0 aliphatic rings. The minimum Gasteiger partial charge on any atom is -0.296 e. The summed E-state index contributed by atoms with van der Waals surface area (Å²) < 4.78 is 0. The van der Waals surface area contributed by atoms with Gasteiger partial charge in [-0.1, -0.05) is 41.5 Å². The zero-order valence-electron chi connectivity index (χ0n) is 9.28. The lowest BCUT2D eigenvalue weighted by Crippen LogP contribution is -2.12. The Morgan fingerprint density at radius 3 is 2.78 bits per heavy atom. The third-order valence-corrected chi connectivity index (χ3v) is 3.53. The van der Waals surface area contributed by atoms with Gasteiger partial charge in [-0.05, 0) is 18.6 Å². The van der Waals surface area contributed by atoms with E-state index in [0.717, 1.165) is 11.4 Å². The molecule has 0 bridgehead atoms. The molecular weight excluding hydrogens is 295 g/mol. The summed E-state index contributed by atoms with van der Waals surface area (Å²) in [5.41, 5.74) is 0.245. The summed E-state index contributed by atoms with van der Waals surface area (Å²) >= 11 is 12.8. The van der Waals surface area contributed by atoms with Gasteiger partial charge in [0.15, 0.2) is 0 Å². The van der Waals surface area contributed by atoms with Gasteiger partial charge in [-0.3, -0.25) is 10.1 Å². The maximum absolute atomic E-state index is 11.9. The fraction of sp³-hybridized carbons (Fsp3) is 0.200. The van der Waals surface area contributed by atoms with Crippen LogP contribution in [-0.4, -0.2) is 21.1 Å². The molecule has 2 rings (SSSR count). The van der Waals surface area contributed by atoms with Crippen molar-refractivity contribution in [2.75, 3.05) is 5.32 Å². The quantitative estimate of drug-likeness (QED) is 0.885. The molecule has 8 heteroatoms. The van der Waals surface area contributed by atoms with Crippen molar-refractivity contribution in [2.24, 2.45) is 0 Å². The molecule has 18 heavy (non-hydrogen) atoms. The summed E-state index contributed by atoms with van der Waals surface area (Å²) in [5, 5.41) is 11.9. The van der Waals surface area contributed by atoms with E-state index in [9.17, 15) is 4.79 Å². The molecular formula is C10H8Cl2N4OS. The van der Waals surface area contributed by atoms with Crippen molar-refractivity contribution in [3.8, 4) is 0 Å². The maximum Gasteiger partial charge on any atom is 0.260 e. The Bertz CT molecular complexity index is 587. The SMILES string of the molecule is CCc1nnc(NC(=O)c2ccc(Cl)nc2Cl)s1. The topological polar surface area (TPSA) is 67.8 Å². The van der Waals surface area contributed by atoms with Crippen LogP contribution in [0.1, 0.15) is 22.3 Å². The Morgan fingerprint density at radius 1 is 1.39 bits per heavy atom. The van der Waals surface area contributed by atoms with E-state index in [1.807, 2.05) is 6.92 Å². The van der Waals surface area contributed by atoms with Crippen molar-refractivity contribution < 1.29 is 4.79 Å². The molecule has 0 aromatic carbocycles. The Labute approximate surface area is 117 Å². The largest absolute Gasteiger partial charge is 0.296 e. The van der Waals surface area contributed by atoms with Crippen molar-refractivity contribution >= 4 is 45.6 Å². The molecule has 94 valence electrons. The number of nitrogens with zero attached hydrogens (tertiary/aromatic N) is 3. The van der Waals surface area contributed by atoms with E-state index in [0.29, 0.717) is 5.13 Å². The standard InChI is InChI=1S/C10H8Cl2N4OS/c1-2-7-15-16-10(18-7)14-9(17)5-3-4-6(11)13-8(5)12/h3-4H,2H2,1H3,(H,14,16,17). The first-order chi connectivity index (χ1) is 8.60. The van der Waals surface area contributed by atoms with Crippen molar-refractivity contribution in [3.05, 3.63) is 33.0 Å². The van der Waals surface area contributed by atoms with Crippen LogP contribution in [-0.2, 0) is 6.42 Å². The van der Waals surface area contributed by atoms with Crippen molar-refractivity contribution in [2.45, 2.75) is 13.3 Å². The van der Waals surface area contributed by atoms with Crippen molar-refractivity contribution in [1.29, 1.82) is 0 Å².